The molecular weight excluding hydrogens is 110 g/mol. The summed E-state index contributed by atoms with van der Waals surface area (Å²) >= 11 is 0. The molecule has 0 saturated carbocycles. The van der Waals surface area contributed by atoms with E-state index >= 15 is 0 Å². The minimum Gasteiger partial charge on any atom is -0.333 e. The van der Waals surface area contributed by atoms with Crippen LogP contribution in [0.25, 0.3) is 0 Å². The van der Waals surface area contributed by atoms with Gasteiger partial charge in [-0.2, -0.15) is 0 Å². The van der Waals surface area contributed by atoms with Crippen LogP contribution in [0, 0.1) is 12.0 Å². The Morgan fingerprint density at radius 1 is 1.56 bits per heavy atom. The third-order valence-electron chi connectivity index (χ3n) is 1.54. The van der Waals surface area contributed by atoms with Crippen LogP contribution in [0.4, 0.5) is 0 Å². The first-order valence-corrected chi connectivity index (χ1v) is 3.37. The standard InChI is InChI=1S/C8H15N/c1-5-7-9(4)8(3)6-2/h8H,6H2,1-4H3. The van der Waals surface area contributed by atoms with Crippen molar-refractivity contribution in [3.8, 4) is 12.0 Å². The van der Waals surface area contributed by atoms with E-state index in [4.69, 9.17) is 0 Å². The molecule has 0 N–H and O–H groups in total. The molecular formula is C8H15N. The Kier molecular flexibility index (Phi) is 3.96. The SMILES string of the molecule is CC#CN(C)C(C)CC. The zero-order valence-corrected chi connectivity index (χ0v) is 6.73. The van der Waals surface area contributed by atoms with E-state index in [1.807, 2.05) is 18.9 Å². The van der Waals surface area contributed by atoms with Crippen molar-refractivity contribution in [2.75, 3.05) is 7.05 Å². The van der Waals surface area contributed by atoms with Crippen molar-refractivity contribution in [2.45, 2.75) is 33.2 Å². The van der Waals surface area contributed by atoms with Gasteiger partial charge in [-0.25, -0.2) is 0 Å². The lowest BCUT2D eigenvalue weighted by atomic mass is 10.2. The molecule has 0 aromatic heterocycles. The van der Waals surface area contributed by atoms with E-state index in [0.717, 1.165) is 6.42 Å². The van der Waals surface area contributed by atoms with E-state index in [1.54, 1.807) is 0 Å². The molecule has 0 aliphatic rings. The number of nitrogens with zero attached hydrogens (tertiary/aromatic N) is 1. The predicted molar refractivity (Wildman–Crippen MR) is 41.0 cm³/mol. The summed E-state index contributed by atoms with van der Waals surface area (Å²) in [4.78, 5) is 2.04. The lowest BCUT2D eigenvalue weighted by molar-refractivity contribution is 0.363. The zero-order valence-electron chi connectivity index (χ0n) is 6.73. The zero-order chi connectivity index (χ0) is 7.28. The van der Waals surface area contributed by atoms with Gasteiger partial charge in [-0.1, -0.05) is 12.8 Å². The predicted octanol–water partition coefficient (Wildman–Crippen LogP) is 1.70. The average molecular weight is 125 g/mol. The molecule has 0 heterocycles. The van der Waals surface area contributed by atoms with Crippen LogP contribution in [-0.2, 0) is 0 Å². The lowest BCUT2D eigenvalue weighted by Crippen LogP contribution is -2.22. The molecule has 0 rings (SSSR count). The molecule has 0 spiro atoms. The Morgan fingerprint density at radius 2 is 2.11 bits per heavy atom. The highest BCUT2D eigenvalue weighted by molar-refractivity contribution is 4.94. The molecule has 1 heteroatoms. The van der Waals surface area contributed by atoms with Gasteiger partial charge in [0.2, 0.25) is 0 Å². The van der Waals surface area contributed by atoms with Crippen molar-refractivity contribution in [3.63, 3.8) is 0 Å². The molecule has 0 radical (unpaired) electrons. The molecule has 0 bridgehead atoms. The average Bonchev–Trinajstić information content (AvgIpc) is 1.87. The monoisotopic (exact) mass is 125 g/mol. The Bertz CT molecular complexity index is 118. The van der Waals surface area contributed by atoms with Crippen LogP contribution < -0.4 is 0 Å². The summed E-state index contributed by atoms with van der Waals surface area (Å²) in [6, 6.07) is 3.56. The highest BCUT2D eigenvalue weighted by Gasteiger charge is 1.99. The van der Waals surface area contributed by atoms with E-state index in [2.05, 4.69) is 25.8 Å². The van der Waals surface area contributed by atoms with Crippen LogP contribution in [0.1, 0.15) is 27.2 Å². The Hall–Kier alpha value is -0.640. The van der Waals surface area contributed by atoms with Gasteiger partial charge >= 0.3 is 0 Å². The minimum atomic E-state index is 0.581. The van der Waals surface area contributed by atoms with Crippen LogP contribution in [0.15, 0.2) is 0 Å². The molecule has 0 saturated heterocycles. The number of hydrogen-bond acceptors (Lipinski definition) is 1. The smallest absolute Gasteiger partial charge is 0.0337 e. The second-order valence-electron chi connectivity index (χ2n) is 2.23. The van der Waals surface area contributed by atoms with Crippen molar-refractivity contribution < 1.29 is 0 Å². The summed E-state index contributed by atoms with van der Waals surface area (Å²) < 4.78 is 0. The normalized spacial score (nSPS) is 11.6. The summed E-state index contributed by atoms with van der Waals surface area (Å²) in [6.45, 7) is 6.20. The van der Waals surface area contributed by atoms with Gasteiger partial charge in [0.25, 0.3) is 0 Å². The van der Waals surface area contributed by atoms with E-state index < -0.39 is 0 Å². The van der Waals surface area contributed by atoms with E-state index in [1.165, 1.54) is 0 Å². The van der Waals surface area contributed by atoms with Crippen LogP contribution in [0.5, 0.6) is 0 Å². The molecule has 0 fully saturated rings. The molecule has 52 valence electrons. The molecule has 0 amide bonds. The van der Waals surface area contributed by atoms with Crippen LogP contribution in [-0.4, -0.2) is 18.0 Å². The first kappa shape index (κ1) is 8.36. The second-order valence-corrected chi connectivity index (χ2v) is 2.23. The molecule has 0 aliphatic carbocycles. The van der Waals surface area contributed by atoms with Crippen molar-refractivity contribution in [1.29, 1.82) is 0 Å². The van der Waals surface area contributed by atoms with E-state index in [-0.39, 0.29) is 0 Å². The fourth-order valence-electron chi connectivity index (χ4n) is 0.560. The summed E-state index contributed by atoms with van der Waals surface area (Å²) in [5, 5.41) is 0. The largest absolute Gasteiger partial charge is 0.333 e. The van der Waals surface area contributed by atoms with Crippen molar-refractivity contribution in [2.24, 2.45) is 0 Å². The molecule has 0 aromatic carbocycles. The van der Waals surface area contributed by atoms with Crippen molar-refractivity contribution >= 4 is 0 Å². The second kappa shape index (κ2) is 4.26. The van der Waals surface area contributed by atoms with Crippen molar-refractivity contribution in [3.05, 3.63) is 0 Å². The Labute approximate surface area is 58.1 Å². The maximum Gasteiger partial charge on any atom is 0.0337 e. The number of hydrogen-bond donors (Lipinski definition) is 0. The van der Waals surface area contributed by atoms with Crippen LogP contribution >= 0.6 is 0 Å². The van der Waals surface area contributed by atoms with Gasteiger partial charge in [0, 0.05) is 19.1 Å². The third-order valence-corrected chi connectivity index (χ3v) is 1.54. The molecule has 1 unspecified atom stereocenters. The van der Waals surface area contributed by atoms with Gasteiger partial charge in [0.15, 0.2) is 0 Å². The van der Waals surface area contributed by atoms with Gasteiger partial charge in [0.05, 0.1) is 0 Å². The molecule has 0 aliphatic heterocycles. The van der Waals surface area contributed by atoms with E-state index in [9.17, 15) is 0 Å². The number of rotatable bonds is 2. The molecule has 1 nitrogen and oxygen atoms in total. The van der Waals surface area contributed by atoms with E-state index in [0.29, 0.717) is 6.04 Å². The van der Waals surface area contributed by atoms with Gasteiger partial charge in [-0.15, -0.1) is 0 Å². The quantitative estimate of drug-likeness (QED) is 0.401. The van der Waals surface area contributed by atoms with Gasteiger partial charge in [0.1, 0.15) is 0 Å². The Morgan fingerprint density at radius 3 is 2.44 bits per heavy atom. The van der Waals surface area contributed by atoms with Crippen LogP contribution in [0.3, 0.4) is 0 Å². The highest BCUT2D eigenvalue weighted by atomic mass is 15.1. The van der Waals surface area contributed by atoms with Crippen LogP contribution in [0.2, 0.25) is 0 Å². The van der Waals surface area contributed by atoms with Crippen molar-refractivity contribution in [1.82, 2.24) is 4.90 Å². The summed E-state index contributed by atoms with van der Waals surface area (Å²) in [5.41, 5.74) is 0. The minimum absolute atomic E-state index is 0.581. The highest BCUT2D eigenvalue weighted by Crippen LogP contribution is 1.96. The molecule has 1 atom stereocenters. The van der Waals surface area contributed by atoms with Gasteiger partial charge in [-0.05, 0) is 20.3 Å². The fourth-order valence-corrected chi connectivity index (χ4v) is 0.560. The fraction of sp³-hybridized carbons (Fsp3) is 0.750. The van der Waals surface area contributed by atoms with Gasteiger partial charge < -0.3 is 4.90 Å². The topological polar surface area (TPSA) is 3.24 Å². The third kappa shape index (κ3) is 3.03. The summed E-state index contributed by atoms with van der Waals surface area (Å²) in [6.07, 6.45) is 1.16. The first-order chi connectivity index (χ1) is 4.22. The summed E-state index contributed by atoms with van der Waals surface area (Å²) in [5.74, 6) is 2.86. The molecule has 0 aromatic rings. The summed E-state index contributed by atoms with van der Waals surface area (Å²) in [7, 11) is 2.02. The maximum atomic E-state index is 2.98. The molecule has 9 heavy (non-hydrogen) atoms. The van der Waals surface area contributed by atoms with Gasteiger partial charge in [-0.3, -0.25) is 0 Å². The maximum absolute atomic E-state index is 2.98. The first-order valence-electron chi connectivity index (χ1n) is 3.37. The lowest BCUT2D eigenvalue weighted by Gasteiger charge is -2.17. The Balaban J connectivity index is 3.67.